The van der Waals surface area contributed by atoms with E-state index in [2.05, 4.69) is 9.97 Å². The van der Waals surface area contributed by atoms with E-state index in [0.717, 1.165) is 21.7 Å². The SMILES string of the molecule is Cc1ccc(C(=O)N(Cc2cccnc2)Cc2cc(Cl)ccc2OCc2nc(CO)cs2)cc1. The molecular weight excluding hydrogens is 470 g/mol. The molecule has 1 N–H and O–H groups in total. The van der Waals surface area contributed by atoms with Gasteiger partial charge in [0, 0.05) is 40.5 Å². The Bertz CT molecular complexity index is 1250. The molecule has 0 fully saturated rings. The summed E-state index contributed by atoms with van der Waals surface area (Å²) >= 11 is 7.73. The second-order valence-electron chi connectivity index (χ2n) is 7.82. The van der Waals surface area contributed by atoms with E-state index in [4.69, 9.17) is 16.3 Å². The number of hydrogen-bond acceptors (Lipinski definition) is 6. The summed E-state index contributed by atoms with van der Waals surface area (Å²) in [5.74, 6) is 0.528. The van der Waals surface area contributed by atoms with E-state index in [1.165, 1.54) is 11.3 Å². The molecule has 0 aliphatic rings. The Labute approximate surface area is 207 Å². The summed E-state index contributed by atoms with van der Waals surface area (Å²) in [6.45, 7) is 2.83. The van der Waals surface area contributed by atoms with Crippen LogP contribution in [0.25, 0.3) is 0 Å². The summed E-state index contributed by atoms with van der Waals surface area (Å²) in [7, 11) is 0. The van der Waals surface area contributed by atoms with Gasteiger partial charge >= 0.3 is 0 Å². The van der Waals surface area contributed by atoms with Crippen molar-refractivity contribution in [3.8, 4) is 5.75 Å². The van der Waals surface area contributed by atoms with Gasteiger partial charge < -0.3 is 14.7 Å². The van der Waals surface area contributed by atoms with Crippen LogP contribution < -0.4 is 4.74 Å². The lowest BCUT2D eigenvalue weighted by Gasteiger charge is -2.24. The first kappa shape index (κ1) is 23.9. The predicted molar refractivity (Wildman–Crippen MR) is 133 cm³/mol. The van der Waals surface area contributed by atoms with Gasteiger partial charge in [-0.3, -0.25) is 9.78 Å². The van der Waals surface area contributed by atoms with Gasteiger partial charge in [-0.25, -0.2) is 4.98 Å². The third-order valence-electron chi connectivity index (χ3n) is 5.18. The Morgan fingerprint density at radius 1 is 1.15 bits per heavy atom. The number of nitrogens with zero attached hydrogens (tertiary/aromatic N) is 3. The van der Waals surface area contributed by atoms with Gasteiger partial charge in [0.05, 0.1) is 18.8 Å². The summed E-state index contributed by atoms with van der Waals surface area (Å²) in [4.78, 5) is 23.7. The number of thiazole rings is 1. The van der Waals surface area contributed by atoms with Gasteiger partial charge in [0.1, 0.15) is 17.4 Å². The van der Waals surface area contributed by atoms with Crippen molar-refractivity contribution < 1.29 is 14.6 Å². The second kappa shape index (κ2) is 11.2. The Morgan fingerprint density at radius 2 is 1.97 bits per heavy atom. The van der Waals surface area contributed by atoms with Crippen LogP contribution in [0.4, 0.5) is 0 Å². The number of benzene rings is 2. The lowest BCUT2D eigenvalue weighted by molar-refractivity contribution is 0.0728. The summed E-state index contributed by atoms with van der Waals surface area (Å²) < 4.78 is 6.05. The van der Waals surface area contributed by atoms with Gasteiger partial charge in [-0.15, -0.1) is 11.3 Å². The molecule has 4 aromatic rings. The van der Waals surface area contributed by atoms with Crippen molar-refractivity contribution in [1.82, 2.24) is 14.9 Å². The van der Waals surface area contributed by atoms with Crippen LogP contribution in [0.2, 0.25) is 5.02 Å². The molecule has 0 atom stereocenters. The largest absolute Gasteiger partial charge is 0.486 e. The van der Waals surface area contributed by atoms with Crippen molar-refractivity contribution in [3.63, 3.8) is 0 Å². The first-order valence-corrected chi connectivity index (χ1v) is 12.0. The van der Waals surface area contributed by atoms with E-state index in [9.17, 15) is 9.90 Å². The second-order valence-corrected chi connectivity index (χ2v) is 9.20. The molecule has 0 unspecified atom stereocenters. The fourth-order valence-electron chi connectivity index (χ4n) is 3.44. The third kappa shape index (κ3) is 6.20. The molecule has 4 rings (SSSR count). The summed E-state index contributed by atoms with van der Waals surface area (Å²) in [6.07, 6.45) is 3.46. The van der Waals surface area contributed by atoms with Crippen LogP contribution in [0.3, 0.4) is 0 Å². The lowest BCUT2D eigenvalue weighted by Crippen LogP contribution is -2.30. The van der Waals surface area contributed by atoms with Crippen molar-refractivity contribution in [2.45, 2.75) is 33.2 Å². The number of pyridine rings is 1. The highest BCUT2D eigenvalue weighted by Gasteiger charge is 2.19. The molecule has 2 heterocycles. The predicted octanol–water partition coefficient (Wildman–Crippen LogP) is 5.41. The Morgan fingerprint density at radius 3 is 2.68 bits per heavy atom. The number of halogens is 1. The first-order valence-electron chi connectivity index (χ1n) is 10.7. The zero-order chi connectivity index (χ0) is 23.9. The van der Waals surface area contributed by atoms with Crippen LogP contribution in [0.5, 0.6) is 5.75 Å². The van der Waals surface area contributed by atoms with Crippen LogP contribution >= 0.6 is 22.9 Å². The number of hydrogen-bond donors (Lipinski definition) is 1. The molecule has 8 heteroatoms. The smallest absolute Gasteiger partial charge is 0.254 e. The van der Waals surface area contributed by atoms with E-state index in [1.807, 2.05) is 49.4 Å². The standard InChI is InChI=1S/C26H24ClN3O3S/c1-18-4-6-20(7-5-18)26(32)30(13-19-3-2-10-28-12-19)14-21-11-22(27)8-9-24(21)33-16-25-29-23(15-31)17-34-25/h2-12,17,31H,13-16H2,1H3. The maximum atomic E-state index is 13.5. The fraction of sp³-hybridized carbons (Fsp3) is 0.192. The molecule has 0 saturated heterocycles. The molecule has 1 amide bonds. The summed E-state index contributed by atoms with van der Waals surface area (Å²) in [6, 6.07) is 16.7. The zero-order valence-corrected chi connectivity index (χ0v) is 20.2. The molecule has 0 bridgehead atoms. The van der Waals surface area contributed by atoms with Crippen LogP contribution in [0, 0.1) is 6.92 Å². The number of aromatic nitrogens is 2. The van der Waals surface area contributed by atoms with Gasteiger partial charge in [0.25, 0.3) is 5.91 Å². The normalized spacial score (nSPS) is 10.8. The lowest BCUT2D eigenvalue weighted by atomic mass is 10.1. The number of rotatable bonds is 9. The van der Waals surface area contributed by atoms with E-state index < -0.39 is 0 Å². The van der Waals surface area contributed by atoms with Crippen LogP contribution in [0.1, 0.15) is 37.7 Å². The van der Waals surface area contributed by atoms with Crippen molar-refractivity contribution in [1.29, 1.82) is 0 Å². The summed E-state index contributed by atoms with van der Waals surface area (Å²) in [5.41, 5.74) is 4.03. The highest BCUT2D eigenvalue weighted by Crippen LogP contribution is 2.27. The minimum absolute atomic E-state index is 0.0951. The number of aliphatic hydroxyl groups excluding tert-OH is 1. The van der Waals surface area contributed by atoms with Gasteiger partial charge in [-0.1, -0.05) is 35.4 Å². The zero-order valence-electron chi connectivity index (χ0n) is 18.6. The first-order chi connectivity index (χ1) is 16.5. The number of carbonyl (C=O) groups is 1. The minimum atomic E-state index is -0.104. The quantitative estimate of drug-likeness (QED) is 0.337. The molecule has 2 aromatic heterocycles. The van der Waals surface area contributed by atoms with Gasteiger partial charge in [0.15, 0.2) is 0 Å². The monoisotopic (exact) mass is 493 g/mol. The molecule has 6 nitrogen and oxygen atoms in total. The molecular formula is C26H24ClN3O3S. The van der Waals surface area contributed by atoms with E-state index >= 15 is 0 Å². The maximum Gasteiger partial charge on any atom is 0.254 e. The van der Waals surface area contributed by atoms with Crippen LogP contribution in [-0.4, -0.2) is 25.9 Å². The number of aryl methyl sites for hydroxylation is 1. The number of aliphatic hydroxyl groups is 1. The van der Waals surface area contributed by atoms with Gasteiger partial charge in [0.2, 0.25) is 0 Å². The van der Waals surface area contributed by atoms with Crippen LogP contribution in [-0.2, 0) is 26.3 Å². The van der Waals surface area contributed by atoms with E-state index in [-0.39, 0.29) is 19.1 Å². The topological polar surface area (TPSA) is 75.6 Å². The molecule has 2 aromatic carbocycles. The molecule has 34 heavy (non-hydrogen) atoms. The van der Waals surface area contributed by atoms with Crippen molar-refractivity contribution >= 4 is 28.8 Å². The molecule has 0 aliphatic carbocycles. The molecule has 0 spiro atoms. The number of ether oxygens (including phenoxy) is 1. The Hall–Kier alpha value is -3.26. The van der Waals surface area contributed by atoms with Gasteiger partial charge in [-0.2, -0.15) is 0 Å². The number of amides is 1. The average Bonchev–Trinajstić information content (AvgIpc) is 3.32. The molecule has 174 valence electrons. The van der Waals surface area contributed by atoms with Crippen molar-refractivity contribution in [2.75, 3.05) is 0 Å². The Balaban J connectivity index is 1.59. The fourth-order valence-corrected chi connectivity index (χ4v) is 4.33. The summed E-state index contributed by atoms with van der Waals surface area (Å²) in [5, 5.41) is 12.4. The van der Waals surface area contributed by atoms with Crippen molar-refractivity contribution in [3.05, 3.63) is 110 Å². The third-order valence-corrected chi connectivity index (χ3v) is 6.28. The maximum absolute atomic E-state index is 13.5. The number of carbonyl (C=O) groups excluding carboxylic acids is 1. The average molecular weight is 494 g/mol. The highest BCUT2D eigenvalue weighted by atomic mass is 35.5. The molecule has 0 radical (unpaired) electrons. The van der Waals surface area contributed by atoms with Gasteiger partial charge in [-0.05, 0) is 48.9 Å². The van der Waals surface area contributed by atoms with E-state index in [0.29, 0.717) is 35.1 Å². The highest BCUT2D eigenvalue weighted by molar-refractivity contribution is 7.09. The van der Waals surface area contributed by atoms with Crippen molar-refractivity contribution in [2.24, 2.45) is 0 Å². The molecule has 0 saturated carbocycles. The Kier molecular flexibility index (Phi) is 7.90. The minimum Gasteiger partial charge on any atom is -0.486 e. The van der Waals surface area contributed by atoms with Crippen LogP contribution in [0.15, 0.2) is 72.4 Å². The van der Waals surface area contributed by atoms with E-state index in [1.54, 1.807) is 34.8 Å². The molecule has 0 aliphatic heterocycles.